The summed E-state index contributed by atoms with van der Waals surface area (Å²) in [7, 11) is 0. The van der Waals surface area contributed by atoms with Crippen LogP contribution >= 0.6 is 0 Å². The fourth-order valence-corrected chi connectivity index (χ4v) is 2.36. The molecule has 1 aliphatic heterocycles. The Labute approximate surface area is 154 Å². The summed E-state index contributed by atoms with van der Waals surface area (Å²) >= 11 is 0. The van der Waals surface area contributed by atoms with E-state index >= 15 is 0 Å². The molecule has 0 aliphatic carbocycles. The molecule has 1 heterocycles. The van der Waals surface area contributed by atoms with Gasteiger partial charge in [0.1, 0.15) is 11.4 Å². The Morgan fingerprint density at radius 3 is 2.56 bits per heavy atom. The molecule has 0 aromatic heterocycles. The van der Waals surface area contributed by atoms with Crippen LogP contribution in [0.5, 0.6) is 5.75 Å². The van der Waals surface area contributed by atoms with Crippen molar-refractivity contribution >= 4 is 29.3 Å². The number of azo groups is 1. The lowest BCUT2D eigenvalue weighted by atomic mass is 10.2. The zero-order chi connectivity index (χ0) is 19.2. The van der Waals surface area contributed by atoms with Crippen LogP contribution in [0.2, 0.25) is 0 Å². The Morgan fingerprint density at radius 2 is 1.85 bits per heavy atom. The molecule has 9 nitrogen and oxygen atoms in total. The minimum Gasteiger partial charge on any atom is -0.508 e. The molecular weight excluding hydrogens is 352 g/mol. The van der Waals surface area contributed by atoms with Gasteiger partial charge in [0.15, 0.2) is 6.61 Å². The van der Waals surface area contributed by atoms with Gasteiger partial charge in [0.2, 0.25) is 0 Å². The number of carbonyl (C=O) groups excluding carboxylic acids is 3. The molecule has 0 atom stereocenters. The van der Waals surface area contributed by atoms with E-state index in [1.165, 1.54) is 18.2 Å². The second kappa shape index (κ2) is 8.09. The van der Waals surface area contributed by atoms with Gasteiger partial charge in [0, 0.05) is 13.1 Å². The van der Waals surface area contributed by atoms with Gasteiger partial charge in [-0.15, -0.1) is 5.11 Å². The summed E-state index contributed by atoms with van der Waals surface area (Å²) in [6, 6.07) is 12.0. The van der Waals surface area contributed by atoms with Crippen molar-refractivity contribution in [1.82, 2.24) is 10.2 Å². The first-order valence-electron chi connectivity index (χ1n) is 8.10. The predicted molar refractivity (Wildman–Crippen MR) is 94.1 cm³/mol. The van der Waals surface area contributed by atoms with Crippen molar-refractivity contribution in [2.24, 2.45) is 10.2 Å². The van der Waals surface area contributed by atoms with E-state index in [1.54, 1.807) is 30.3 Å². The summed E-state index contributed by atoms with van der Waals surface area (Å²) in [4.78, 5) is 36.7. The Bertz CT molecular complexity index is 895. The molecule has 138 valence electrons. The third kappa shape index (κ3) is 4.46. The number of phenols is 1. The zero-order valence-electron chi connectivity index (χ0n) is 14.2. The number of ether oxygens (including phenoxy) is 1. The summed E-state index contributed by atoms with van der Waals surface area (Å²) in [5.74, 6) is -1.24. The molecule has 0 saturated carbocycles. The predicted octanol–water partition coefficient (Wildman–Crippen LogP) is 2.52. The van der Waals surface area contributed by atoms with Crippen LogP contribution in [0.3, 0.4) is 0 Å². The van der Waals surface area contributed by atoms with Crippen LogP contribution in [-0.4, -0.2) is 47.6 Å². The maximum Gasteiger partial charge on any atom is 0.340 e. The van der Waals surface area contributed by atoms with Gasteiger partial charge in [-0.25, -0.2) is 9.59 Å². The molecule has 0 unspecified atom stereocenters. The van der Waals surface area contributed by atoms with Crippen LogP contribution in [0, 0.1) is 0 Å². The third-order valence-corrected chi connectivity index (χ3v) is 3.73. The minimum atomic E-state index is -0.747. The lowest BCUT2D eigenvalue weighted by molar-refractivity contribution is -0.130. The number of benzene rings is 2. The molecule has 3 rings (SSSR count). The lowest BCUT2D eigenvalue weighted by Crippen LogP contribution is -2.37. The van der Waals surface area contributed by atoms with E-state index < -0.39 is 24.5 Å². The highest BCUT2D eigenvalue weighted by Crippen LogP contribution is 2.24. The first-order chi connectivity index (χ1) is 13.0. The Morgan fingerprint density at radius 1 is 1.11 bits per heavy atom. The number of hydrogen-bond acceptors (Lipinski definition) is 7. The molecule has 9 heteroatoms. The fraction of sp³-hybridized carbons (Fsp3) is 0.167. The van der Waals surface area contributed by atoms with Crippen molar-refractivity contribution < 1.29 is 24.2 Å². The van der Waals surface area contributed by atoms with E-state index in [4.69, 9.17) is 4.74 Å². The van der Waals surface area contributed by atoms with E-state index in [9.17, 15) is 19.5 Å². The molecule has 27 heavy (non-hydrogen) atoms. The molecule has 3 amide bonds. The van der Waals surface area contributed by atoms with Crippen molar-refractivity contribution in [2.75, 3.05) is 19.7 Å². The van der Waals surface area contributed by atoms with Gasteiger partial charge in [0.25, 0.3) is 5.91 Å². The number of phenolic OH excluding ortho intramolecular Hbond substituents is 1. The van der Waals surface area contributed by atoms with Gasteiger partial charge in [-0.2, -0.15) is 5.11 Å². The third-order valence-electron chi connectivity index (χ3n) is 3.73. The second-order valence-corrected chi connectivity index (χ2v) is 5.59. The number of hydrogen-bond donors (Lipinski definition) is 2. The van der Waals surface area contributed by atoms with Crippen molar-refractivity contribution in [3.63, 3.8) is 0 Å². The van der Waals surface area contributed by atoms with Gasteiger partial charge < -0.3 is 15.2 Å². The molecule has 1 saturated heterocycles. The molecule has 0 spiro atoms. The zero-order valence-corrected chi connectivity index (χ0v) is 14.2. The monoisotopic (exact) mass is 368 g/mol. The molecule has 0 bridgehead atoms. The van der Waals surface area contributed by atoms with Gasteiger partial charge in [-0.3, -0.25) is 9.69 Å². The summed E-state index contributed by atoms with van der Waals surface area (Å²) in [5.41, 5.74) is 0.895. The van der Waals surface area contributed by atoms with Crippen LogP contribution in [0.25, 0.3) is 0 Å². The van der Waals surface area contributed by atoms with E-state index in [1.807, 2.05) is 0 Å². The number of imide groups is 1. The maximum atomic E-state index is 12.3. The van der Waals surface area contributed by atoms with Crippen molar-refractivity contribution in [3.05, 3.63) is 54.1 Å². The van der Waals surface area contributed by atoms with Crippen LogP contribution in [-0.2, 0) is 9.53 Å². The quantitative estimate of drug-likeness (QED) is 0.620. The molecular formula is C18H16N4O5. The van der Waals surface area contributed by atoms with E-state index in [2.05, 4.69) is 15.5 Å². The maximum absolute atomic E-state index is 12.3. The van der Waals surface area contributed by atoms with Gasteiger partial charge in [-0.05, 0) is 36.4 Å². The number of nitrogens with one attached hydrogen (secondary N) is 1. The van der Waals surface area contributed by atoms with Gasteiger partial charge >= 0.3 is 12.0 Å². The smallest absolute Gasteiger partial charge is 0.340 e. The second-order valence-electron chi connectivity index (χ2n) is 5.59. The topological polar surface area (TPSA) is 121 Å². The summed E-state index contributed by atoms with van der Waals surface area (Å²) in [6.45, 7) is 0.0708. The van der Waals surface area contributed by atoms with Crippen molar-refractivity contribution in [1.29, 1.82) is 0 Å². The summed E-state index contributed by atoms with van der Waals surface area (Å²) in [5, 5.41) is 19.8. The molecule has 2 N–H and O–H groups in total. The minimum absolute atomic E-state index is 0.106. The van der Waals surface area contributed by atoms with Crippen LogP contribution in [0.1, 0.15) is 10.4 Å². The number of carbonyl (C=O) groups is 3. The van der Waals surface area contributed by atoms with Crippen LogP contribution in [0.15, 0.2) is 58.8 Å². The number of urea groups is 1. The van der Waals surface area contributed by atoms with E-state index in [0.717, 1.165) is 4.90 Å². The first-order valence-corrected chi connectivity index (χ1v) is 8.10. The lowest BCUT2D eigenvalue weighted by Gasteiger charge is -2.12. The number of esters is 1. The van der Waals surface area contributed by atoms with E-state index in [-0.39, 0.29) is 23.5 Å². The molecule has 1 fully saturated rings. The number of nitrogens with zero attached hydrogens (tertiary/aromatic N) is 3. The van der Waals surface area contributed by atoms with Crippen LogP contribution < -0.4 is 5.32 Å². The number of amides is 3. The Balaban J connectivity index is 1.67. The largest absolute Gasteiger partial charge is 0.508 e. The normalized spacial score (nSPS) is 13.6. The SMILES string of the molecule is O=C(OCC(=O)N1CCNC1=O)c1ccccc1N=Nc1ccc(O)cc1. The Hall–Kier alpha value is -3.75. The highest BCUT2D eigenvalue weighted by atomic mass is 16.5. The molecule has 0 radical (unpaired) electrons. The van der Waals surface area contributed by atoms with Crippen molar-refractivity contribution in [2.45, 2.75) is 0 Å². The number of rotatable bonds is 5. The standard InChI is InChI=1S/C18H16N4O5/c23-13-7-5-12(6-8-13)20-21-15-4-2-1-3-14(15)17(25)27-11-16(24)22-10-9-19-18(22)26/h1-8,23H,9-11H2,(H,19,26). The fourth-order valence-electron chi connectivity index (χ4n) is 2.36. The number of aromatic hydroxyl groups is 1. The summed E-state index contributed by atoms with van der Waals surface area (Å²) in [6.07, 6.45) is 0. The molecule has 2 aromatic carbocycles. The molecule has 1 aliphatic rings. The van der Waals surface area contributed by atoms with Crippen molar-refractivity contribution in [3.8, 4) is 5.75 Å². The average Bonchev–Trinajstić information content (AvgIpc) is 3.11. The first kappa shape index (κ1) is 18.1. The summed E-state index contributed by atoms with van der Waals surface area (Å²) < 4.78 is 5.01. The van der Waals surface area contributed by atoms with Crippen LogP contribution in [0.4, 0.5) is 16.2 Å². The van der Waals surface area contributed by atoms with Gasteiger partial charge in [0.05, 0.1) is 11.3 Å². The Kier molecular flexibility index (Phi) is 5.41. The molecule has 2 aromatic rings. The highest BCUT2D eigenvalue weighted by Gasteiger charge is 2.27. The van der Waals surface area contributed by atoms with Gasteiger partial charge in [-0.1, -0.05) is 12.1 Å². The van der Waals surface area contributed by atoms with E-state index in [0.29, 0.717) is 12.2 Å². The average molecular weight is 368 g/mol. The highest BCUT2D eigenvalue weighted by molar-refractivity contribution is 5.99.